The molecule has 0 saturated heterocycles. The zero-order valence-electron chi connectivity index (χ0n) is 16.9. The zero-order valence-corrected chi connectivity index (χ0v) is 16.9. The van der Waals surface area contributed by atoms with Crippen LogP contribution in [0, 0.1) is 12.7 Å². The number of nitrogens with one attached hydrogen (secondary N) is 2. The van der Waals surface area contributed by atoms with Crippen molar-refractivity contribution in [1.82, 2.24) is 4.98 Å². The fourth-order valence-corrected chi connectivity index (χ4v) is 3.08. The van der Waals surface area contributed by atoms with Crippen LogP contribution in [0.25, 0.3) is 0 Å². The Kier molecular flexibility index (Phi) is 6.44. The maximum absolute atomic E-state index is 13.7. The molecule has 0 unspecified atom stereocenters. The van der Waals surface area contributed by atoms with E-state index in [4.69, 9.17) is 0 Å². The Morgan fingerprint density at radius 1 is 1.03 bits per heavy atom. The molecule has 6 heteroatoms. The summed E-state index contributed by atoms with van der Waals surface area (Å²) in [5.41, 5.74) is 4.40. The van der Waals surface area contributed by atoms with Gasteiger partial charge in [-0.05, 0) is 68.8 Å². The number of benzene rings is 2. The van der Waals surface area contributed by atoms with Gasteiger partial charge in [0.2, 0.25) is 0 Å². The summed E-state index contributed by atoms with van der Waals surface area (Å²) in [6.07, 6.45) is 1.59. The summed E-state index contributed by atoms with van der Waals surface area (Å²) in [7, 11) is 0. The van der Waals surface area contributed by atoms with E-state index in [2.05, 4.69) is 53.4 Å². The standard InChI is InChI=1S/C23H25FN4O/c1-4-28(5-2)18-11-13-20(16(3)14-18)26-17-10-12-22(25-15-17)23(29)27-21-9-7-6-8-19(21)24/h6-15,26H,4-5H2,1-3H3,(H,27,29). The van der Waals surface area contributed by atoms with Gasteiger partial charge in [0.1, 0.15) is 11.5 Å². The minimum absolute atomic E-state index is 0.130. The lowest BCUT2D eigenvalue weighted by Crippen LogP contribution is -2.21. The second-order valence-corrected chi connectivity index (χ2v) is 6.66. The molecular formula is C23H25FN4O. The van der Waals surface area contributed by atoms with Crippen LogP contribution in [-0.4, -0.2) is 24.0 Å². The molecule has 0 aliphatic heterocycles. The number of amides is 1. The zero-order chi connectivity index (χ0) is 20.8. The minimum atomic E-state index is -0.484. The normalized spacial score (nSPS) is 10.5. The molecular weight excluding hydrogens is 367 g/mol. The summed E-state index contributed by atoms with van der Waals surface area (Å²) in [4.78, 5) is 18.8. The fourth-order valence-electron chi connectivity index (χ4n) is 3.08. The third-order valence-electron chi connectivity index (χ3n) is 4.74. The molecule has 5 nitrogen and oxygen atoms in total. The first-order valence-corrected chi connectivity index (χ1v) is 9.66. The second kappa shape index (κ2) is 9.19. The molecule has 3 rings (SSSR count). The largest absolute Gasteiger partial charge is 0.372 e. The molecule has 0 fully saturated rings. The summed E-state index contributed by atoms with van der Waals surface area (Å²) in [6, 6.07) is 15.7. The van der Waals surface area contributed by atoms with Crippen LogP contribution in [0.3, 0.4) is 0 Å². The molecule has 0 atom stereocenters. The van der Waals surface area contributed by atoms with E-state index in [1.807, 2.05) is 6.07 Å². The van der Waals surface area contributed by atoms with Crippen molar-refractivity contribution in [3.63, 3.8) is 0 Å². The summed E-state index contributed by atoms with van der Waals surface area (Å²) in [5.74, 6) is -0.941. The van der Waals surface area contributed by atoms with Crippen molar-refractivity contribution >= 4 is 28.7 Å². The summed E-state index contributed by atoms with van der Waals surface area (Å²) >= 11 is 0. The predicted octanol–water partition coefficient (Wildman–Crippen LogP) is 5.37. The fraction of sp³-hybridized carbons (Fsp3) is 0.217. The van der Waals surface area contributed by atoms with Crippen LogP contribution in [-0.2, 0) is 0 Å². The molecule has 1 amide bonds. The van der Waals surface area contributed by atoms with Crippen molar-refractivity contribution in [2.75, 3.05) is 28.6 Å². The molecule has 150 valence electrons. The van der Waals surface area contributed by atoms with E-state index in [1.165, 1.54) is 17.8 Å². The Labute approximate surface area is 170 Å². The number of anilines is 4. The first-order chi connectivity index (χ1) is 14.0. The molecule has 0 aliphatic carbocycles. The molecule has 3 aromatic rings. The first-order valence-electron chi connectivity index (χ1n) is 9.66. The number of para-hydroxylation sites is 1. The number of hydrogen-bond acceptors (Lipinski definition) is 4. The predicted molar refractivity (Wildman–Crippen MR) is 117 cm³/mol. The molecule has 0 saturated carbocycles. The van der Waals surface area contributed by atoms with Crippen LogP contribution < -0.4 is 15.5 Å². The lowest BCUT2D eigenvalue weighted by molar-refractivity contribution is 0.102. The van der Waals surface area contributed by atoms with Crippen LogP contribution >= 0.6 is 0 Å². The maximum Gasteiger partial charge on any atom is 0.274 e. The number of rotatable bonds is 7. The second-order valence-electron chi connectivity index (χ2n) is 6.66. The van der Waals surface area contributed by atoms with E-state index in [0.717, 1.165) is 30.0 Å². The highest BCUT2D eigenvalue weighted by atomic mass is 19.1. The number of nitrogens with zero attached hydrogens (tertiary/aromatic N) is 2. The van der Waals surface area contributed by atoms with Crippen molar-refractivity contribution in [1.29, 1.82) is 0 Å². The maximum atomic E-state index is 13.7. The SMILES string of the molecule is CCN(CC)c1ccc(Nc2ccc(C(=O)Nc3ccccc3F)nc2)c(C)c1. The molecule has 0 aliphatic rings. The van der Waals surface area contributed by atoms with E-state index in [-0.39, 0.29) is 11.4 Å². The number of hydrogen-bond donors (Lipinski definition) is 2. The third kappa shape index (κ3) is 4.90. The molecule has 29 heavy (non-hydrogen) atoms. The highest BCUT2D eigenvalue weighted by Gasteiger charge is 2.11. The van der Waals surface area contributed by atoms with Crippen LogP contribution in [0.4, 0.5) is 27.1 Å². The van der Waals surface area contributed by atoms with Gasteiger partial charge in [0, 0.05) is 24.5 Å². The molecule has 1 aromatic heterocycles. The van der Waals surface area contributed by atoms with Crippen molar-refractivity contribution < 1.29 is 9.18 Å². The van der Waals surface area contributed by atoms with Crippen molar-refractivity contribution in [2.24, 2.45) is 0 Å². The number of pyridine rings is 1. The number of carbonyl (C=O) groups is 1. The van der Waals surface area contributed by atoms with E-state index >= 15 is 0 Å². The summed E-state index contributed by atoms with van der Waals surface area (Å²) in [5, 5.41) is 5.86. The van der Waals surface area contributed by atoms with Gasteiger partial charge in [0.15, 0.2) is 0 Å². The number of carbonyl (C=O) groups excluding carboxylic acids is 1. The average Bonchev–Trinajstić information content (AvgIpc) is 2.73. The van der Waals surface area contributed by atoms with Crippen molar-refractivity contribution in [2.45, 2.75) is 20.8 Å². The number of aromatic nitrogens is 1. The Balaban J connectivity index is 1.69. The van der Waals surface area contributed by atoms with Gasteiger partial charge in [-0.3, -0.25) is 4.79 Å². The van der Waals surface area contributed by atoms with Gasteiger partial charge < -0.3 is 15.5 Å². The van der Waals surface area contributed by atoms with E-state index < -0.39 is 11.7 Å². The van der Waals surface area contributed by atoms with Gasteiger partial charge in [0.05, 0.1) is 17.6 Å². The monoisotopic (exact) mass is 392 g/mol. The quantitative estimate of drug-likeness (QED) is 0.567. The van der Waals surface area contributed by atoms with E-state index in [0.29, 0.717) is 0 Å². The summed E-state index contributed by atoms with van der Waals surface area (Å²) in [6.45, 7) is 8.26. The van der Waals surface area contributed by atoms with Gasteiger partial charge in [-0.25, -0.2) is 9.37 Å². The molecule has 0 bridgehead atoms. The highest BCUT2D eigenvalue weighted by molar-refractivity contribution is 6.03. The molecule has 2 aromatic carbocycles. The van der Waals surface area contributed by atoms with Crippen LogP contribution in [0.15, 0.2) is 60.8 Å². The van der Waals surface area contributed by atoms with Gasteiger partial charge >= 0.3 is 0 Å². The first kappa shape index (κ1) is 20.3. The van der Waals surface area contributed by atoms with Gasteiger partial charge in [-0.1, -0.05) is 12.1 Å². The molecule has 0 radical (unpaired) electrons. The number of halogens is 1. The highest BCUT2D eigenvalue weighted by Crippen LogP contribution is 2.25. The molecule has 1 heterocycles. The van der Waals surface area contributed by atoms with Crippen LogP contribution in [0.1, 0.15) is 29.9 Å². The smallest absolute Gasteiger partial charge is 0.274 e. The van der Waals surface area contributed by atoms with E-state index in [1.54, 1.807) is 30.5 Å². The summed E-state index contributed by atoms with van der Waals surface area (Å²) < 4.78 is 13.7. The average molecular weight is 392 g/mol. The number of aryl methyl sites for hydroxylation is 1. The topological polar surface area (TPSA) is 57.3 Å². The van der Waals surface area contributed by atoms with Crippen molar-refractivity contribution in [3.05, 3.63) is 77.9 Å². The Hall–Kier alpha value is -3.41. The molecule has 0 spiro atoms. The lowest BCUT2D eigenvalue weighted by Gasteiger charge is -2.22. The van der Waals surface area contributed by atoms with Gasteiger partial charge in [-0.2, -0.15) is 0 Å². The minimum Gasteiger partial charge on any atom is -0.372 e. The lowest BCUT2D eigenvalue weighted by atomic mass is 10.1. The molecule has 2 N–H and O–H groups in total. The van der Waals surface area contributed by atoms with Crippen molar-refractivity contribution in [3.8, 4) is 0 Å². The Bertz CT molecular complexity index is 984. The van der Waals surface area contributed by atoms with Crippen LogP contribution in [0.5, 0.6) is 0 Å². The van der Waals surface area contributed by atoms with Crippen LogP contribution in [0.2, 0.25) is 0 Å². The third-order valence-corrected chi connectivity index (χ3v) is 4.74. The van der Waals surface area contributed by atoms with E-state index in [9.17, 15) is 9.18 Å². The van der Waals surface area contributed by atoms with Gasteiger partial charge in [-0.15, -0.1) is 0 Å². The van der Waals surface area contributed by atoms with Gasteiger partial charge in [0.25, 0.3) is 5.91 Å². The Morgan fingerprint density at radius 2 is 1.79 bits per heavy atom. The Morgan fingerprint density at radius 3 is 2.41 bits per heavy atom.